The van der Waals surface area contributed by atoms with E-state index in [0.717, 1.165) is 43.0 Å². The minimum atomic E-state index is -4.97. The first-order valence-corrected chi connectivity index (χ1v) is 8.47. The molecule has 1 aliphatic rings. The van der Waals surface area contributed by atoms with Crippen molar-refractivity contribution >= 4 is 12.1 Å². The summed E-state index contributed by atoms with van der Waals surface area (Å²) in [5, 5.41) is 5.56. The number of nitrogens with zero attached hydrogens (tertiary/aromatic N) is 4. The van der Waals surface area contributed by atoms with Crippen LogP contribution in [0.3, 0.4) is 0 Å². The molecule has 1 saturated heterocycles. The van der Waals surface area contributed by atoms with Gasteiger partial charge in [-0.15, -0.1) is 5.10 Å². The van der Waals surface area contributed by atoms with E-state index < -0.39 is 35.0 Å². The SMILES string of the molecule is O=C(/C=C\n1cnc(-c2cc(C(F)(F)F)cc(C(F)(F)F)c2)n1)NN1CCCC1. The number of rotatable bonds is 4. The Morgan fingerprint density at radius 1 is 1.00 bits per heavy atom. The zero-order valence-corrected chi connectivity index (χ0v) is 14.8. The molecule has 1 N–H and O–H groups in total. The lowest BCUT2D eigenvalue weighted by Gasteiger charge is -2.14. The molecule has 1 aromatic carbocycles. The molecule has 1 fully saturated rings. The lowest BCUT2D eigenvalue weighted by molar-refractivity contribution is -0.143. The van der Waals surface area contributed by atoms with Gasteiger partial charge in [0.2, 0.25) is 0 Å². The summed E-state index contributed by atoms with van der Waals surface area (Å²) >= 11 is 0. The normalized spacial score (nSPS) is 15.9. The number of halogens is 6. The number of hydrogen-bond acceptors (Lipinski definition) is 4. The molecule has 1 aliphatic heterocycles. The Bertz CT molecular complexity index is 880. The number of benzene rings is 1. The number of alkyl halides is 6. The van der Waals surface area contributed by atoms with Gasteiger partial charge in [0.1, 0.15) is 6.33 Å². The molecule has 6 nitrogen and oxygen atoms in total. The van der Waals surface area contributed by atoms with Gasteiger partial charge in [-0.05, 0) is 31.0 Å². The molecule has 0 bridgehead atoms. The second kappa shape index (κ2) is 7.85. The summed E-state index contributed by atoms with van der Waals surface area (Å²) in [6.07, 6.45) is -4.61. The van der Waals surface area contributed by atoms with E-state index in [1.807, 2.05) is 0 Å². The number of amides is 1. The maximum absolute atomic E-state index is 13.0. The number of carbonyl (C=O) groups excluding carboxylic acids is 1. The lowest BCUT2D eigenvalue weighted by atomic mass is 10.0. The van der Waals surface area contributed by atoms with Crippen molar-refractivity contribution in [1.29, 1.82) is 0 Å². The van der Waals surface area contributed by atoms with E-state index in [9.17, 15) is 31.1 Å². The van der Waals surface area contributed by atoms with Crippen molar-refractivity contribution in [2.24, 2.45) is 0 Å². The largest absolute Gasteiger partial charge is 0.416 e. The maximum Gasteiger partial charge on any atom is 0.416 e. The summed E-state index contributed by atoms with van der Waals surface area (Å²) in [5.41, 5.74) is -0.730. The number of nitrogens with one attached hydrogen (secondary N) is 1. The smallest absolute Gasteiger partial charge is 0.285 e. The molecule has 0 radical (unpaired) electrons. The Hall–Kier alpha value is -2.89. The van der Waals surface area contributed by atoms with Gasteiger partial charge in [0, 0.05) is 30.9 Å². The Labute approximate surface area is 160 Å². The Balaban J connectivity index is 1.82. The molecule has 156 valence electrons. The first kappa shape index (κ1) is 20.8. The molecule has 0 spiro atoms. The summed E-state index contributed by atoms with van der Waals surface area (Å²) in [7, 11) is 0. The molecule has 1 amide bonds. The van der Waals surface area contributed by atoms with Crippen LogP contribution in [-0.4, -0.2) is 38.8 Å². The van der Waals surface area contributed by atoms with E-state index in [2.05, 4.69) is 15.5 Å². The molecule has 12 heteroatoms. The predicted octanol–water partition coefficient (Wildman–Crippen LogP) is 3.58. The Kier molecular flexibility index (Phi) is 5.64. The minimum Gasteiger partial charge on any atom is -0.285 e. The highest BCUT2D eigenvalue weighted by Gasteiger charge is 2.37. The van der Waals surface area contributed by atoms with Gasteiger partial charge in [-0.25, -0.2) is 14.7 Å². The average Bonchev–Trinajstić information content (AvgIpc) is 3.30. The van der Waals surface area contributed by atoms with Crippen LogP contribution in [0.4, 0.5) is 26.3 Å². The molecule has 1 aromatic heterocycles. The second-order valence-corrected chi connectivity index (χ2v) is 6.33. The van der Waals surface area contributed by atoms with Crippen molar-refractivity contribution in [3.63, 3.8) is 0 Å². The van der Waals surface area contributed by atoms with Gasteiger partial charge in [0.25, 0.3) is 5.91 Å². The number of hydrazine groups is 1. The first-order valence-electron chi connectivity index (χ1n) is 8.47. The minimum absolute atomic E-state index is 0.0308. The van der Waals surface area contributed by atoms with Crippen LogP contribution in [0, 0.1) is 0 Å². The molecule has 3 rings (SSSR count). The summed E-state index contributed by atoms with van der Waals surface area (Å²) in [5.74, 6) is -0.784. The van der Waals surface area contributed by atoms with Crippen LogP contribution in [0.5, 0.6) is 0 Å². The van der Waals surface area contributed by atoms with E-state index in [1.54, 1.807) is 5.01 Å². The second-order valence-electron chi connectivity index (χ2n) is 6.33. The first-order chi connectivity index (χ1) is 13.5. The number of aromatic nitrogens is 3. The average molecular weight is 419 g/mol. The molecule has 2 aromatic rings. The summed E-state index contributed by atoms with van der Waals surface area (Å²) in [6.45, 7) is 1.45. The van der Waals surface area contributed by atoms with Gasteiger partial charge in [0.15, 0.2) is 5.82 Å². The van der Waals surface area contributed by atoms with E-state index in [4.69, 9.17) is 0 Å². The monoisotopic (exact) mass is 419 g/mol. The number of carbonyl (C=O) groups is 1. The third-order valence-corrected chi connectivity index (χ3v) is 4.11. The van der Waals surface area contributed by atoms with Gasteiger partial charge in [0.05, 0.1) is 11.1 Å². The van der Waals surface area contributed by atoms with Crippen LogP contribution in [-0.2, 0) is 17.1 Å². The topological polar surface area (TPSA) is 63.1 Å². The van der Waals surface area contributed by atoms with Crippen molar-refractivity contribution in [2.45, 2.75) is 25.2 Å². The predicted molar refractivity (Wildman–Crippen MR) is 89.7 cm³/mol. The van der Waals surface area contributed by atoms with Crippen molar-refractivity contribution in [3.8, 4) is 11.4 Å². The Morgan fingerprint density at radius 2 is 1.59 bits per heavy atom. The molecule has 0 saturated carbocycles. The van der Waals surface area contributed by atoms with Gasteiger partial charge in [-0.3, -0.25) is 10.2 Å². The van der Waals surface area contributed by atoms with Gasteiger partial charge in [-0.1, -0.05) is 0 Å². The molecular weight excluding hydrogens is 404 g/mol. The molecular formula is C17H15F6N5O. The van der Waals surface area contributed by atoms with Gasteiger partial charge < -0.3 is 0 Å². The summed E-state index contributed by atoms with van der Waals surface area (Å²) in [6, 6.07) is 1.11. The van der Waals surface area contributed by atoms with Crippen LogP contribution in [0.1, 0.15) is 24.0 Å². The van der Waals surface area contributed by atoms with Crippen molar-refractivity contribution in [1.82, 2.24) is 25.2 Å². The fraction of sp³-hybridized carbons (Fsp3) is 0.353. The third kappa shape index (κ3) is 5.34. The zero-order valence-electron chi connectivity index (χ0n) is 14.8. The highest BCUT2D eigenvalue weighted by Crippen LogP contribution is 2.38. The summed E-state index contributed by atoms with van der Waals surface area (Å²) < 4.78 is 78.8. The third-order valence-electron chi connectivity index (χ3n) is 4.11. The van der Waals surface area contributed by atoms with Crippen molar-refractivity contribution in [3.05, 3.63) is 41.7 Å². The number of hydrogen-bond donors (Lipinski definition) is 1. The quantitative estimate of drug-likeness (QED) is 0.608. The van der Waals surface area contributed by atoms with Gasteiger partial charge >= 0.3 is 12.4 Å². The fourth-order valence-corrected chi connectivity index (χ4v) is 2.73. The van der Waals surface area contributed by atoms with E-state index >= 15 is 0 Å². The van der Waals surface area contributed by atoms with E-state index in [1.165, 1.54) is 6.20 Å². The molecule has 0 aliphatic carbocycles. The summed E-state index contributed by atoms with van der Waals surface area (Å²) in [4.78, 5) is 15.5. The van der Waals surface area contributed by atoms with Crippen molar-refractivity contribution in [2.75, 3.05) is 13.1 Å². The molecule has 0 atom stereocenters. The maximum atomic E-state index is 13.0. The van der Waals surface area contributed by atoms with E-state index in [-0.39, 0.29) is 11.9 Å². The standard InChI is InChI=1S/C17H15F6N5O/c18-16(19,20)12-7-11(8-13(9-12)17(21,22)23)15-24-10-28(26-15)6-3-14(29)25-27-4-1-2-5-27/h3,6-10H,1-2,4-5H2,(H,25,29)/b6-3-. The van der Waals surface area contributed by atoms with Crippen LogP contribution >= 0.6 is 0 Å². The highest BCUT2D eigenvalue weighted by atomic mass is 19.4. The van der Waals surface area contributed by atoms with Crippen LogP contribution in [0.2, 0.25) is 0 Å². The van der Waals surface area contributed by atoms with Crippen LogP contribution < -0.4 is 5.43 Å². The zero-order chi connectivity index (χ0) is 21.2. The highest BCUT2D eigenvalue weighted by molar-refractivity contribution is 5.89. The Morgan fingerprint density at radius 3 is 2.14 bits per heavy atom. The fourth-order valence-electron chi connectivity index (χ4n) is 2.73. The molecule has 0 unspecified atom stereocenters. The molecule has 2 heterocycles. The molecule has 29 heavy (non-hydrogen) atoms. The van der Waals surface area contributed by atoms with Gasteiger partial charge in [-0.2, -0.15) is 26.3 Å². The van der Waals surface area contributed by atoms with Crippen LogP contribution in [0.25, 0.3) is 17.6 Å². The van der Waals surface area contributed by atoms with Crippen molar-refractivity contribution < 1.29 is 31.1 Å². The van der Waals surface area contributed by atoms with E-state index in [0.29, 0.717) is 12.1 Å². The lowest BCUT2D eigenvalue weighted by Crippen LogP contribution is -2.39. The van der Waals surface area contributed by atoms with Crippen LogP contribution in [0.15, 0.2) is 30.6 Å².